The summed E-state index contributed by atoms with van der Waals surface area (Å²) in [6.07, 6.45) is 5.79. The summed E-state index contributed by atoms with van der Waals surface area (Å²) in [6.45, 7) is 7.54. The van der Waals surface area contributed by atoms with E-state index >= 15 is 0 Å². The van der Waals surface area contributed by atoms with Crippen molar-refractivity contribution >= 4 is 11.6 Å². The number of fused-ring (bicyclic) bond motifs is 1. The van der Waals surface area contributed by atoms with E-state index in [1.165, 1.54) is 30.4 Å². The topological polar surface area (TPSA) is 21.3 Å². The van der Waals surface area contributed by atoms with Crippen LogP contribution in [-0.2, 0) is 12.8 Å². The summed E-state index contributed by atoms with van der Waals surface area (Å²) >= 11 is 6.17. The van der Waals surface area contributed by atoms with Crippen LogP contribution in [0.15, 0.2) is 12.1 Å². The van der Waals surface area contributed by atoms with E-state index in [9.17, 15) is 0 Å². The molecule has 1 aliphatic heterocycles. The van der Waals surface area contributed by atoms with Gasteiger partial charge in [0.1, 0.15) is 5.75 Å². The maximum absolute atomic E-state index is 6.17. The third-order valence-corrected chi connectivity index (χ3v) is 3.90. The van der Waals surface area contributed by atoms with Gasteiger partial charge in [0.05, 0.1) is 6.61 Å². The van der Waals surface area contributed by atoms with Gasteiger partial charge in [-0.2, -0.15) is 0 Å². The zero-order chi connectivity index (χ0) is 14.4. The van der Waals surface area contributed by atoms with Crippen molar-refractivity contribution in [3.05, 3.63) is 28.3 Å². The molecule has 0 atom stereocenters. The fraction of sp³-hybridized carbons (Fsp3) is 0.647. The minimum Gasteiger partial charge on any atom is -0.493 e. The van der Waals surface area contributed by atoms with Crippen molar-refractivity contribution in [1.29, 1.82) is 0 Å². The van der Waals surface area contributed by atoms with Gasteiger partial charge < -0.3 is 10.1 Å². The van der Waals surface area contributed by atoms with Gasteiger partial charge in [0, 0.05) is 11.4 Å². The molecule has 112 valence electrons. The smallest absolute Gasteiger partial charge is 0.125 e. The largest absolute Gasteiger partial charge is 0.493 e. The lowest BCUT2D eigenvalue weighted by atomic mass is 10.0. The Morgan fingerprint density at radius 1 is 1.25 bits per heavy atom. The molecule has 0 radical (unpaired) electrons. The van der Waals surface area contributed by atoms with E-state index in [2.05, 4.69) is 25.2 Å². The Hall–Kier alpha value is -0.730. The van der Waals surface area contributed by atoms with Crippen LogP contribution >= 0.6 is 11.6 Å². The quantitative estimate of drug-likeness (QED) is 0.725. The molecule has 0 amide bonds. The zero-order valence-electron chi connectivity index (χ0n) is 12.7. The summed E-state index contributed by atoms with van der Waals surface area (Å²) < 4.78 is 5.74. The Kier molecular flexibility index (Phi) is 6.18. The molecule has 0 aromatic heterocycles. The second kappa shape index (κ2) is 7.90. The number of rotatable bonds is 8. The summed E-state index contributed by atoms with van der Waals surface area (Å²) in [5.74, 6) is 1.84. The Morgan fingerprint density at radius 2 is 2.10 bits per heavy atom. The molecule has 3 heteroatoms. The van der Waals surface area contributed by atoms with Gasteiger partial charge in [0.15, 0.2) is 0 Å². The van der Waals surface area contributed by atoms with Gasteiger partial charge in [-0.15, -0.1) is 0 Å². The number of hydrogen-bond acceptors (Lipinski definition) is 2. The number of halogens is 1. The molecule has 2 rings (SSSR count). The summed E-state index contributed by atoms with van der Waals surface area (Å²) in [7, 11) is 0. The molecular weight excluding hydrogens is 270 g/mol. The second-order valence-corrected chi connectivity index (χ2v) is 6.50. The first-order valence-corrected chi connectivity index (χ1v) is 8.19. The van der Waals surface area contributed by atoms with Crippen LogP contribution < -0.4 is 10.1 Å². The highest BCUT2D eigenvalue weighted by Gasteiger charge is 2.17. The molecule has 0 bridgehead atoms. The van der Waals surface area contributed by atoms with Gasteiger partial charge in [0.2, 0.25) is 0 Å². The van der Waals surface area contributed by atoms with Gasteiger partial charge in [-0.25, -0.2) is 0 Å². The highest BCUT2D eigenvalue weighted by molar-refractivity contribution is 6.30. The molecule has 1 N–H and O–H groups in total. The molecule has 1 aromatic carbocycles. The number of aryl methyl sites for hydroxylation is 1. The van der Waals surface area contributed by atoms with Gasteiger partial charge >= 0.3 is 0 Å². The fourth-order valence-electron chi connectivity index (χ4n) is 2.66. The van der Waals surface area contributed by atoms with Crippen molar-refractivity contribution < 1.29 is 4.74 Å². The van der Waals surface area contributed by atoms with Crippen LogP contribution in [0.5, 0.6) is 5.75 Å². The first-order chi connectivity index (χ1) is 9.66. The Balaban J connectivity index is 1.70. The summed E-state index contributed by atoms with van der Waals surface area (Å²) in [4.78, 5) is 0. The Morgan fingerprint density at radius 3 is 2.90 bits per heavy atom. The van der Waals surface area contributed by atoms with Crippen molar-refractivity contribution in [2.75, 3.05) is 19.7 Å². The monoisotopic (exact) mass is 295 g/mol. The van der Waals surface area contributed by atoms with Crippen molar-refractivity contribution in [2.24, 2.45) is 5.92 Å². The van der Waals surface area contributed by atoms with Gasteiger partial charge in [-0.1, -0.05) is 31.9 Å². The molecule has 20 heavy (non-hydrogen) atoms. The predicted molar refractivity (Wildman–Crippen MR) is 85.9 cm³/mol. The lowest BCUT2D eigenvalue weighted by molar-refractivity contribution is 0.353. The van der Waals surface area contributed by atoms with Crippen molar-refractivity contribution in [2.45, 2.75) is 46.0 Å². The molecule has 2 nitrogen and oxygen atoms in total. The van der Waals surface area contributed by atoms with Crippen LogP contribution in [0.3, 0.4) is 0 Å². The summed E-state index contributed by atoms with van der Waals surface area (Å²) in [6, 6.07) is 4.12. The first-order valence-electron chi connectivity index (χ1n) is 7.81. The second-order valence-electron chi connectivity index (χ2n) is 6.06. The minimum atomic E-state index is 0.737. The number of benzene rings is 1. The molecule has 0 spiro atoms. The number of nitrogens with one attached hydrogen (secondary N) is 1. The lowest BCUT2D eigenvalue weighted by Crippen LogP contribution is -2.20. The first kappa shape index (κ1) is 15.7. The van der Waals surface area contributed by atoms with Crippen molar-refractivity contribution in [3.8, 4) is 5.75 Å². The maximum atomic E-state index is 6.17. The lowest BCUT2D eigenvalue weighted by Gasteiger charge is -2.09. The van der Waals surface area contributed by atoms with E-state index in [-0.39, 0.29) is 0 Å². The van der Waals surface area contributed by atoms with E-state index < -0.39 is 0 Å². The normalized spacial score (nSPS) is 13.6. The third kappa shape index (κ3) is 4.68. The van der Waals surface area contributed by atoms with Crippen LogP contribution in [0.4, 0.5) is 0 Å². The number of unbranched alkanes of at least 4 members (excludes halogenated alkanes) is 2. The van der Waals surface area contributed by atoms with Gasteiger partial charge in [0.25, 0.3) is 0 Å². The van der Waals surface area contributed by atoms with E-state index in [1.807, 2.05) is 6.07 Å². The summed E-state index contributed by atoms with van der Waals surface area (Å²) in [5, 5.41) is 4.34. The van der Waals surface area contributed by atoms with Crippen molar-refractivity contribution in [1.82, 2.24) is 5.32 Å². The van der Waals surface area contributed by atoms with Crippen molar-refractivity contribution in [3.63, 3.8) is 0 Å². The number of hydrogen-bond donors (Lipinski definition) is 1. The van der Waals surface area contributed by atoms with Crippen LogP contribution in [0.1, 0.15) is 44.2 Å². The fourth-order valence-corrected chi connectivity index (χ4v) is 2.93. The molecule has 1 heterocycles. The van der Waals surface area contributed by atoms with Gasteiger partial charge in [-0.05, 0) is 61.5 Å². The molecule has 1 aliphatic rings. The predicted octanol–water partition coefficient (Wildman–Crippen LogP) is 4.23. The SMILES string of the molecule is CC(C)CNCCCCCc1cc(Cl)cc2c1OCC2. The highest BCUT2D eigenvalue weighted by Crippen LogP contribution is 2.33. The highest BCUT2D eigenvalue weighted by atomic mass is 35.5. The molecule has 0 saturated heterocycles. The van der Waals surface area contributed by atoms with E-state index in [4.69, 9.17) is 16.3 Å². The summed E-state index contributed by atoms with van der Waals surface area (Å²) in [5.41, 5.74) is 2.58. The van der Waals surface area contributed by atoms with E-state index in [1.54, 1.807) is 0 Å². The van der Waals surface area contributed by atoms with Gasteiger partial charge in [-0.3, -0.25) is 0 Å². The van der Waals surface area contributed by atoms with E-state index in [0.717, 1.165) is 49.2 Å². The molecule has 0 aliphatic carbocycles. The zero-order valence-corrected chi connectivity index (χ0v) is 13.4. The van der Waals surface area contributed by atoms with Crippen LogP contribution in [0.2, 0.25) is 5.02 Å². The Labute approximate surface area is 127 Å². The average Bonchev–Trinajstić information content (AvgIpc) is 2.85. The molecule has 0 saturated carbocycles. The third-order valence-electron chi connectivity index (χ3n) is 3.68. The molecular formula is C17H26ClNO. The number of ether oxygens (including phenoxy) is 1. The van der Waals surface area contributed by atoms with Crippen LogP contribution in [0.25, 0.3) is 0 Å². The maximum Gasteiger partial charge on any atom is 0.125 e. The standard InChI is InChI=1S/C17H26ClNO/c1-13(2)12-19-8-5-3-4-6-14-10-16(18)11-15-7-9-20-17(14)15/h10-11,13,19H,3-9,12H2,1-2H3. The minimum absolute atomic E-state index is 0.737. The molecule has 0 fully saturated rings. The average molecular weight is 296 g/mol. The van der Waals surface area contributed by atoms with Crippen LogP contribution in [0, 0.1) is 5.92 Å². The Bertz CT molecular complexity index is 431. The van der Waals surface area contributed by atoms with Crippen LogP contribution in [-0.4, -0.2) is 19.7 Å². The van der Waals surface area contributed by atoms with E-state index in [0.29, 0.717) is 0 Å². The molecule has 1 aromatic rings. The molecule has 0 unspecified atom stereocenters.